The number of hydrogen-bond acceptors (Lipinski definition) is 2. The topological polar surface area (TPSA) is 21.3 Å². The molecular weight excluding hydrogens is 279 g/mol. The Morgan fingerprint density at radius 3 is 2.43 bits per heavy atom. The molecule has 0 aliphatic carbocycles. The minimum Gasteiger partial charge on any atom is -0.406 e. The van der Waals surface area contributed by atoms with E-state index in [1.54, 1.807) is 12.1 Å². The first kappa shape index (κ1) is 13.9. The summed E-state index contributed by atoms with van der Waals surface area (Å²) >= 11 is 0. The van der Waals surface area contributed by atoms with Gasteiger partial charge in [0.1, 0.15) is 5.75 Å². The van der Waals surface area contributed by atoms with Gasteiger partial charge in [0.15, 0.2) is 0 Å². The fraction of sp³-hybridized carbons (Fsp3) is 0.250. The van der Waals surface area contributed by atoms with Crippen LogP contribution in [0, 0.1) is 0 Å². The Balaban J connectivity index is 1.85. The molecule has 0 aromatic heterocycles. The Morgan fingerprint density at radius 2 is 1.71 bits per heavy atom. The second-order valence-electron chi connectivity index (χ2n) is 4.95. The maximum Gasteiger partial charge on any atom is 0.573 e. The van der Waals surface area contributed by atoms with E-state index in [4.69, 9.17) is 0 Å². The molecule has 0 fully saturated rings. The summed E-state index contributed by atoms with van der Waals surface area (Å²) in [4.78, 5) is 0. The predicted octanol–water partition coefficient (Wildman–Crippen LogP) is 3.82. The lowest BCUT2D eigenvalue weighted by molar-refractivity contribution is -0.274. The molecule has 1 aliphatic rings. The van der Waals surface area contributed by atoms with E-state index in [2.05, 4.69) is 16.1 Å². The summed E-state index contributed by atoms with van der Waals surface area (Å²) in [6.07, 6.45) is -3.70. The molecule has 1 atom stereocenters. The van der Waals surface area contributed by atoms with E-state index in [0.717, 1.165) is 18.5 Å². The summed E-state index contributed by atoms with van der Waals surface area (Å²) in [6.45, 7) is 0.850. The molecular formula is C16H14F3NO. The first-order valence-corrected chi connectivity index (χ1v) is 6.70. The van der Waals surface area contributed by atoms with Crippen LogP contribution in [-0.2, 0) is 6.42 Å². The highest BCUT2D eigenvalue weighted by molar-refractivity contribution is 5.41. The molecule has 0 bridgehead atoms. The predicted molar refractivity (Wildman–Crippen MR) is 73.1 cm³/mol. The summed E-state index contributed by atoms with van der Waals surface area (Å²) in [7, 11) is 0. The molecule has 0 saturated carbocycles. The van der Waals surface area contributed by atoms with Gasteiger partial charge in [-0.2, -0.15) is 0 Å². The van der Waals surface area contributed by atoms with Crippen molar-refractivity contribution >= 4 is 0 Å². The highest BCUT2D eigenvalue weighted by atomic mass is 19.4. The van der Waals surface area contributed by atoms with Crippen molar-refractivity contribution in [3.63, 3.8) is 0 Å². The lowest BCUT2D eigenvalue weighted by atomic mass is 9.90. The van der Waals surface area contributed by atoms with Crippen LogP contribution in [-0.4, -0.2) is 12.9 Å². The molecule has 1 unspecified atom stereocenters. The van der Waals surface area contributed by atoms with E-state index in [-0.39, 0.29) is 11.8 Å². The third kappa shape index (κ3) is 3.19. The average molecular weight is 293 g/mol. The average Bonchev–Trinajstić information content (AvgIpc) is 2.46. The van der Waals surface area contributed by atoms with Gasteiger partial charge in [-0.15, -0.1) is 13.2 Å². The number of benzene rings is 2. The van der Waals surface area contributed by atoms with Crippen molar-refractivity contribution in [2.45, 2.75) is 18.8 Å². The van der Waals surface area contributed by atoms with Gasteiger partial charge in [0.25, 0.3) is 0 Å². The Labute approximate surface area is 120 Å². The molecule has 21 heavy (non-hydrogen) atoms. The van der Waals surface area contributed by atoms with Crippen molar-refractivity contribution in [3.05, 3.63) is 65.2 Å². The first-order valence-electron chi connectivity index (χ1n) is 6.70. The molecule has 3 rings (SSSR count). The molecule has 2 aromatic rings. The van der Waals surface area contributed by atoms with Gasteiger partial charge in [-0.3, -0.25) is 0 Å². The molecule has 1 heterocycles. The molecule has 1 N–H and O–H groups in total. The molecule has 5 heteroatoms. The van der Waals surface area contributed by atoms with Gasteiger partial charge in [-0.1, -0.05) is 36.4 Å². The standard InChI is InChI=1S/C16H14F3NO/c17-16(18,19)21-13-7-5-12(6-8-13)15-14-4-2-1-3-11(14)9-10-20-15/h1-8,15,20H,9-10H2. The number of fused-ring (bicyclic) bond motifs is 1. The first-order chi connectivity index (χ1) is 10.0. The molecule has 110 valence electrons. The Bertz CT molecular complexity index is 622. The van der Waals surface area contributed by atoms with Gasteiger partial charge in [0.2, 0.25) is 0 Å². The van der Waals surface area contributed by atoms with Gasteiger partial charge in [-0.05, 0) is 35.2 Å². The van der Waals surface area contributed by atoms with Crippen LogP contribution < -0.4 is 10.1 Å². The largest absolute Gasteiger partial charge is 0.573 e. The van der Waals surface area contributed by atoms with Crippen molar-refractivity contribution in [2.24, 2.45) is 0 Å². The van der Waals surface area contributed by atoms with Crippen LogP contribution in [0.15, 0.2) is 48.5 Å². The zero-order valence-electron chi connectivity index (χ0n) is 11.2. The number of rotatable bonds is 2. The van der Waals surface area contributed by atoms with E-state index < -0.39 is 6.36 Å². The summed E-state index contributed by atoms with van der Waals surface area (Å²) in [5.41, 5.74) is 3.38. The lowest BCUT2D eigenvalue weighted by Crippen LogP contribution is -2.30. The van der Waals surface area contributed by atoms with Crippen molar-refractivity contribution in [1.29, 1.82) is 0 Å². The number of halogens is 3. The van der Waals surface area contributed by atoms with Crippen LogP contribution in [0.5, 0.6) is 5.75 Å². The van der Waals surface area contributed by atoms with E-state index in [1.807, 2.05) is 18.2 Å². The van der Waals surface area contributed by atoms with Crippen LogP contribution in [0.4, 0.5) is 13.2 Å². The lowest BCUT2D eigenvalue weighted by Gasteiger charge is -2.27. The van der Waals surface area contributed by atoms with Crippen molar-refractivity contribution < 1.29 is 17.9 Å². The monoisotopic (exact) mass is 293 g/mol. The van der Waals surface area contributed by atoms with Gasteiger partial charge in [-0.25, -0.2) is 0 Å². The summed E-state index contributed by atoms with van der Waals surface area (Å²) in [5.74, 6) is -0.199. The molecule has 2 nitrogen and oxygen atoms in total. The van der Waals surface area contributed by atoms with Gasteiger partial charge in [0.05, 0.1) is 6.04 Å². The normalized spacial score (nSPS) is 18.1. The Hall–Kier alpha value is -2.01. The summed E-state index contributed by atoms with van der Waals surface area (Å²) < 4.78 is 40.4. The Kier molecular flexibility index (Phi) is 3.59. The van der Waals surface area contributed by atoms with Crippen molar-refractivity contribution in [1.82, 2.24) is 5.32 Å². The molecule has 0 radical (unpaired) electrons. The molecule has 0 spiro atoms. The van der Waals surface area contributed by atoms with Crippen LogP contribution in [0.1, 0.15) is 22.7 Å². The maximum atomic E-state index is 12.2. The van der Waals surface area contributed by atoms with Crippen molar-refractivity contribution in [3.8, 4) is 5.75 Å². The second-order valence-corrected chi connectivity index (χ2v) is 4.95. The number of ether oxygens (including phenoxy) is 1. The van der Waals surface area contributed by atoms with Gasteiger partial charge < -0.3 is 10.1 Å². The maximum absolute atomic E-state index is 12.2. The highest BCUT2D eigenvalue weighted by Gasteiger charge is 2.31. The van der Waals surface area contributed by atoms with Gasteiger partial charge >= 0.3 is 6.36 Å². The smallest absolute Gasteiger partial charge is 0.406 e. The molecule has 0 saturated heterocycles. The minimum atomic E-state index is -4.66. The number of alkyl halides is 3. The van der Waals surface area contributed by atoms with E-state index >= 15 is 0 Å². The zero-order valence-corrected chi connectivity index (χ0v) is 11.2. The second kappa shape index (κ2) is 5.41. The van der Waals surface area contributed by atoms with Crippen LogP contribution in [0.3, 0.4) is 0 Å². The van der Waals surface area contributed by atoms with Gasteiger partial charge in [0, 0.05) is 6.54 Å². The van der Waals surface area contributed by atoms with E-state index in [0.29, 0.717) is 0 Å². The van der Waals surface area contributed by atoms with E-state index in [1.165, 1.54) is 23.3 Å². The highest BCUT2D eigenvalue weighted by Crippen LogP contribution is 2.30. The summed E-state index contributed by atoms with van der Waals surface area (Å²) in [6, 6.07) is 14.2. The van der Waals surface area contributed by atoms with Crippen LogP contribution in [0.25, 0.3) is 0 Å². The van der Waals surface area contributed by atoms with Crippen molar-refractivity contribution in [2.75, 3.05) is 6.54 Å². The van der Waals surface area contributed by atoms with Crippen LogP contribution >= 0.6 is 0 Å². The molecule has 0 amide bonds. The van der Waals surface area contributed by atoms with Crippen LogP contribution in [0.2, 0.25) is 0 Å². The quantitative estimate of drug-likeness (QED) is 0.909. The molecule has 2 aromatic carbocycles. The third-order valence-electron chi connectivity index (χ3n) is 3.56. The number of hydrogen-bond donors (Lipinski definition) is 1. The fourth-order valence-corrected chi connectivity index (χ4v) is 2.66. The zero-order chi connectivity index (χ0) is 14.9. The SMILES string of the molecule is FC(F)(F)Oc1ccc(C2NCCc3ccccc32)cc1. The number of nitrogens with one attached hydrogen (secondary N) is 1. The fourth-order valence-electron chi connectivity index (χ4n) is 2.66. The minimum absolute atomic E-state index is 0.00915. The Morgan fingerprint density at radius 1 is 1.00 bits per heavy atom. The summed E-state index contributed by atoms with van der Waals surface area (Å²) in [5, 5.41) is 3.40. The third-order valence-corrected chi connectivity index (χ3v) is 3.56. The molecule has 1 aliphatic heterocycles. The van der Waals surface area contributed by atoms with E-state index in [9.17, 15) is 13.2 Å².